The van der Waals surface area contributed by atoms with E-state index in [1.54, 1.807) is 0 Å². The van der Waals surface area contributed by atoms with E-state index in [2.05, 4.69) is 67.8 Å². The summed E-state index contributed by atoms with van der Waals surface area (Å²) in [4.78, 5) is 0. The SMILES string of the molecule is CC(C)CC(NN)c1ccc(-c2ccccc2)cc1. The Bertz CT molecular complexity index is 488. The molecule has 0 aliphatic heterocycles. The Morgan fingerprint density at radius 1 is 0.895 bits per heavy atom. The van der Waals surface area contributed by atoms with Crippen molar-refractivity contribution in [2.24, 2.45) is 11.8 Å². The second kappa shape index (κ2) is 6.50. The van der Waals surface area contributed by atoms with Gasteiger partial charge >= 0.3 is 0 Å². The van der Waals surface area contributed by atoms with Gasteiger partial charge in [-0.05, 0) is 29.0 Å². The van der Waals surface area contributed by atoms with Gasteiger partial charge in [-0.3, -0.25) is 11.3 Å². The van der Waals surface area contributed by atoms with Crippen LogP contribution in [0, 0.1) is 5.92 Å². The quantitative estimate of drug-likeness (QED) is 0.627. The molecule has 2 rings (SSSR count). The van der Waals surface area contributed by atoms with E-state index in [4.69, 9.17) is 5.84 Å². The van der Waals surface area contributed by atoms with Crippen molar-refractivity contribution in [3.8, 4) is 11.1 Å². The molecule has 2 aromatic rings. The summed E-state index contributed by atoms with van der Waals surface area (Å²) in [5, 5.41) is 0. The molecule has 0 bridgehead atoms. The summed E-state index contributed by atoms with van der Waals surface area (Å²) in [6, 6.07) is 19.3. The van der Waals surface area contributed by atoms with Crippen LogP contribution in [0.25, 0.3) is 11.1 Å². The lowest BCUT2D eigenvalue weighted by Crippen LogP contribution is -2.29. The van der Waals surface area contributed by atoms with Gasteiger partial charge in [0.1, 0.15) is 0 Å². The van der Waals surface area contributed by atoms with Gasteiger partial charge in [-0.2, -0.15) is 0 Å². The lowest BCUT2D eigenvalue weighted by molar-refractivity contribution is 0.438. The van der Waals surface area contributed by atoms with Gasteiger partial charge in [0.15, 0.2) is 0 Å². The summed E-state index contributed by atoms with van der Waals surface area (Å²) < 4.78 is 0. The lowest BCUT2D eigenvalue weighted by Gasteiger charge is -2.18. The Balaban J connectivity index is 2.18. The largest absolute Gasteiger partial charge is 0.271 e. The second-order valence-electron chi connectivity index (χ2n) is 5.34. The first kappa shape index (κ1) is 13.8. The highest BCUT2D eigenvalue weighted by molar-refractivity contribution is 5.63. The summed E-state index contributed by atoms with van der Waals surface area (Å²) in [6.07, 6.45) is 1.04. The van der Waals surface area contributed by atoms with Crippen molar-refractivity contribution in [2.45, 2.75) is 26.3 Å². The van der Waals surface area contributed by atoms with E-state index in [1.807, 2.05) is 6.07 Å². The van der Waals surface area contributed by atoms with E-state index in [1.165, 1.54) is 16.7 Å². The second-order valence-corrected chi connectivity index (χ2v) is 5.34. The van der Waals surface area contributed by atoms with Crippen LogP contribution in [0.15, 0.2) is 54.6 Å². The van der Waals surface area contributed by atoms with Gasteiger partial charge in [0, 0.05) is 6.04 Å². The zero-order valence-corrected chi connectivity index (χ0v) is 11.6. The molecule has 2 nitrogen and oxygen atoms in total. The third kappa shape index (κ3) is 3.66. The Hall–Kier alpha value is -1.64. The minimum absolute atomic E-state index is 0.227. The zero-order valence-electron chi connectivity index (χ0n) is 11.6. The number of hydrogen-bond acceptors (Lipinski definition) is 2. The summed E-state index contributed by atoms with van der Waals surface area (Å²) in [5.41, 5.74) is 6.64. The minimum Gasteiger partial charge on any atom is -0.271 e. The van der Waals surface area contributed by atoms with Crippen LogP contribution in [-0.2, 0) is 0 Å². The molecule has 0 aromatic heterocycles. The fourth-order valence-corrected chi connectivity index (χ4v) is 2.31. The molecular formula is C17H22N2. The van der Waals surface area contributed by atoms with E-state index in [-0.39, 0.29) is 6.04 Å². The van der Waals surface area contributed by atoms with E-state index in [9.17, 15) is 0 Å². The number of hydrazine groups is 1. The molecule has 1 atom stereocenters. The highest BCUT2D eigenvalue weighted by Gasteiger charge is 2.11. The summed E-state index contributed by atoms with van der Waals surface area (Å²) >= 11 is 0. The van der Waals surface area contributed by atoms with Crippen LogP contribution >= 0.6 is 0 Å². The lowest BCUT2D eigenvalue weighted by atomic mass is 9.95. The molecule has 2 heteroatoms. The Morgan fingerprint density at radius 3 is 2.00 bits per heavy atom. The molecule has 100 valence electrons. The predicted molar refractivity (Wildman–Crippen MR) is 81.4 cm³/mol. The molecule has 0 saturated carbocycles. The van der Waals surface area contributed by atoms with Gasteiger partial charge in [-0.15, -0.1) is 0 Å². The van der Waals surface area contributed by atoms with Crippen molar-refractivity contribution in [2.75, 3.05) is 0 Å². The smallest absolute Gasteiger partial charge is 0.0462 e. The molecule has 1 unspecified atom stereocenters. The van der Waals surface area contributed by atoms with E-state index < -0.39 is 0 Å². The van der Waals surface area contributed by atoms with Crippen LogP contribution in [0.1, 0.15) is 31.9 Å². The van der Waals surface area contributed by atoms with Crippen LogP contribution < -0.4 is 11.3 Å². The van der Waals surface area contributed by atoms with Crippen LogP contribution in [0.2, 0.25) is 0 Å². The zero-order chi connectivity index (χ0) is 13.7. The first-order valence-corrected chi connectivity index (χ1v) is 6.82. The predicted octanol–water partition coefficient (Wildman–Crippen LogP) is 3.90. The minimum atomic E-state index is 0.227. The van der Waals surface area contributed by atoms with Gasteiger partial charge in [-0.25, -0.2) is 0 Å². The Kier molecular flexibility index (Phi) is 4.72. The molecule has 19 heavy (non-hydrogen) atoms. The summed E-state index contributed by atoms with van der Waals surface area (Å²) in [6.45, 7) is 4.42. The maximum atomic E-state index is 5.65. The highest BCUT2D eigenvalue weighted by atomic mass is 15.2. The molecular weight excluding hydrogens is 232 g/mol. The molecule has 0 amide bonds. The monoisotopic (exact) mass is 254 g/mol. The first-order chi connectivity index (χ1) is 9.20. The van der Waals surface area contributed by atoms with Gasteiger partial charge < -0.3 is 0 Å². The average Bonchev–Trinajstić information content (AvgIpc) is 2.46. The van der Waals surface area contributed by atoms with Crippen molar-refractivity contribution >= 4 is 0 Å². The molecule has 0 heterocycles. The van der Waals surface area contributed by atoms with Crippen LogP contribution in [0.5, 0.6) is 0 Å². The number of rotatable bonds is 5. The fraction of sp³-hybridized carbons (Fsp3) is 0.294. The van der Waals surface area contributed by atoms with Crippen molar-refractivity contribution in [3.05, 3.63) is 60.2 Å². The van der Waals surface area contributed by atoms with Crippen LogP contribution in [0.4, 0.5) is 0 Å². The third-order valence-electron chi connectivity index (χ3n) is 3.33. The molecule has 2 aromatic carbocycles. The fourth-order valence-electron chi connectivity index (χ4n) is 2.31. The molecule has 0 radical (unpaired) electrons. The molecule has 0 aliphatic carbocycles. The summed E-state index contributed by atoms with van der Waals surface area (Å²) in [7, 11) is 0. The van der Waals surface area contributed by atoms with Gasteiger partial charge in [0.05, 0.1) is 0 Å². The number of nitrogens with two attached hydrogens (primary N) is 1. The van der Waals surface area contributed by atoms with E-state index in [0.29, 0.717) is 5.92 Å². The van der Waals surface area contributed by atoms with Gasteiger partial charge in [0.2, 0.25) is 0 Å². The van der Waals surface area contributed by atoms with Crippen molar-refractivity contribution in [3.63, 3.8) is 0 Å². The number of hydrogen-bond donors (Lipinski definition) is 2. The van der Waals surface area contributed by atoms with Crippen LogP contribution in [-0.4, -0.2) is 0 Å². The van der Waals surface area contributed by atoms with Gasteiger partial charge in [0.25, 0.3) is 0 Å². The number of nitrogens with one attached hydrogen (secondary N) is 1. The normalized spacial score (nSPS) is 12.6. The van der Waals surface area contributed by atoms with E-state index >= 15 is 0 Å². The molecule has 3 N–H and O–H groups in total. The van der Waals surface area contributed by atoms with Crippen molar-refractivity contribution in [1.29, 1.82) is 0 Å². The molecule has 0 saturated heterocycles. The maximum Gasteiger partial charge on any atom is 0.0462 e. The average molecular weight is 254 g/mol. The summed E-state index contributed by atoms with van der Waals surface area (Å²) in [5.74, 6) is 6.27. The van der Waals surface area contributed by atoms with Gasteiger partial charge in [-0.1, -0.05) is 68.4 Å². The standard InChI is InChI=1S/C17H22N2/c1-13(2)12-17(19-18)16-10-8-15(9-11-16)14-6-4-3-5-7-14/h3-11,13,17,19H,12,18H2,1-2H3. The molecule has 0 fully saturated rings. The highest BCUT2D eigenvalue weighted by Crippen LogP contribution is 2.24. The van der Waals surface area contributed by atoms with E-state index in [0.717, 1.165) is 6.42 Å². The van der Waals surface area contributed by atoms with Crippen molar-refractivity contribution in [1.82, 2.24) is 5.43 Å². The Morgan fingerprint density at radius 2 is 1.47 bits per heavy atom. The maximum absolute atomic E-state index is 5.65. The topological polar surface area (TPSA) is 38.0 Å². The molecule has 0 spiro atoms. The van der Waals surface area contributed by atoms with Crippen LogP contribution in [0.3, 0.4) is 0 Å². The Labute approximate surface area is 115 Å². The third-order valence-corrected chi connectivity index (χ3v) is 3.33. The number of benzene rings is 2. The van der Waals surface area contributed by atoms with Crippen molar-refractivity contribution < 1.29 is 0 Å². The molecule has 0 aliphatic rings. The first-order valence-electron chi connectivity index (χ1n) is 6.82.